The molecule has 0 amide bonds. The van der Waals surface area contributed by atoms with Crippen molar-refractivity contribution in [1.82, 2.24) is 18.8 Å². The number of rotatable bonds is 1. The number of benzene rings is 1. The number of halogens is 1. The summed E-state index contributed by atoms with van der Waals surface area (Å²) in [6.45, 7) is 0. The van der Waals surface area contributed by atoms with Gasteiger partial charge < -0.3 is 20.3 Å². The molecule has 0 spiro atoms. The Morgan fingerprint density at radius 1 is 0.741 bits per heavy atom. The largest absolute Gasteiger partial charge is 0.396 e. The molecule has 0 fully saturated rings. The molecule has 4 heterocycles. The van der Waals surface area contributed by atoms with E-state index >= 15 is 0 Å². The van der Waals surface area contributed by atoms with Crippen LogP contribution in [0.25, 0.3) is 22.4 Å². The van der Waals surface area contributed by atoms with Crippen LogP contribution >= 0.6 is 15.9 Å². The van der Waals surface area contributed by atoms with Crippen LogP contribution in [0.15, 0.2) is 84.1 Å². The Bertz CT molecular complexity index is 1210. The molecule has 0 atom stereocenters. The van der Waals surface area contributed by atoms with Crippen molar-refractivity contribution >= 4 is 38.6 Å². The molecule has 5 rings (SSSR count). The molecule has 0 aliphatic heterocycles. The van der Waals surface area contributed by atoms with Crippen LogP contribution < -0.4 is 11.5 Å². The molecule has 1 aromatic carbocycles. The van der Waals surface area contributed by atoms with Crippen LogP contribution in [0.5, 0.6) is 0 Å². The van der Waals surface area contributed by atoms with Crippen LogP contribution in [0.3, 0.4) is 0 Å². The second-order valence-electron chi connectivity index (χ2n) is 5.98. The van der Waals surface area contributed by atoms with E-state index in [-0.39, 0.29) is 0 Å². The number of hydrogen-bond acceptors (Lipinski definition) is 4. The number of hydrogen-bond donors (Lipinski definition) is 2. The third-order valence-electron chi connectivity index (χ3n) is 4.11. The molecule has 4 aromatic heterocycles. The number of pyridine rings is 2. The van der Waals surface area contributed by atoms with Crippen LogP contribution in [-0.4, -0.2) is 18.8 Å². The van der Waals surface area contributed by atoms with Gasteiger partial charge in [-0.1, -0.05) is 30.3 Å². The lowest BCUT2D eigenvalue weighted by molar-refractivity contribution is 1.18. The van der Waals surface area contributed by atoms with E-state index in [1.54, 1.807) is 12.4 Å². The van der Waals surface area contributed by atoms with E-state index in [9.17, 15) is 0 Å². The lowest BCUT2D eigenvalue weighted by atomic mass is 10.1. The van der Waals surface area contributed by atoms with Gasteiger partial charge in [0.2, 0.25) is 0 Å². The van der Waals surface area contributed by atoms with Gasteiger partial charge in [-0.2, -0.15) is 0 Å². The Morgan fingerprint density at radius 2 is 1.33 bits per heavy atom. The summed E-state index contributed by atoms with van der Waals surface area (Å²) in [7, 11) is 0. The van der Waals surface area contributed by atoms with Gasteiger partial charge >= 0.3 is 0 Å². The van der Waals surface area contributed by atoms with E-state index < -0.39 is 0 Å². The molecule has 0 unspecified atom stereocenters. The molecule has 5 aromatic rings. The van der Waals surface area contributed by atoms with Crippen LogP contribution in [0.4, 0.5) is 11.4 Å². The van der Waals surface area contributed by atoms with E-state index in [0.717, 1.165) is 26.9 Å². The minimum Gasteiger partial charge on any atom is -0.396 e. The zero-order valence-electron chi connectivity index (χ0n) is 14.3. The number of fused-ring (bicyclic) bond motifs is 2. The van der Waals surface area contributed by atoms with Gasteiger partial charge in [0.05, 0.1) is 11.4 Å². The Morgan fingerprint density at radius 3 is 2.00 bits per heavy atom. The maximum atomic E-state index is 5.96. The molecule has 0 aliphatic carbocycles. The van der Waals surface area contributed by atoms with Crippen LogP contribution in [0.2, 0.25) is 0 Å². The molecule has 4 N–H and O–H groups in total. The average molecular weight is 421 g/mol. The fourth-order valence-electron chi connectivity index (χ4n) is 2.87. The normalized spacial score (nSPS) is 10.7. The summed E-state index contributed by atoms with van der Waals surface area (Å²) < 4.78 is 4.78. The molecule has 0 saturated carbocycles. The van der Waals surface area contributed by atoms with Crippen molar-refractivity contribution in [3.63, 3.8) is 0 Å². The first kappa shape index (κ1) is 17.1. The van der Waals surface area contributed by atoms with Gasteiger partial charge in [0.25, 0.3) is 0 Å². The number of nitrogens with two attached hydrogens (primary N) is 2. The number of anilines is 2. The van der Waals surface area contributed by atoms with Crippen LogP contribution in [-0.2, 0) is 0 Å². The Balaban J connectivity index is 0.000000143. The lowest BCUT2D eigenvalue weighted by Crippen LogP contribution is -1.93. The summed E-state index contributed by atoms with van der Waals surface area (Å²) >= 11 is 3.34. The predicted molar refractivity (Wildman–Crippen MR) is 112 cm³/mol. The molecule has 134 valence electrons. The van der Waals surface area contributed by atoms with E-state index in [0.29, 0.717) is 11.4 Å². The highest BCUT2D eigenvalue weighted by Crippen LogP contribution is 2.23. The van der Waals surface area contributed by atoms with Crippen LogP contribution in [0, 0.1) is 0 Å². The highest BCUT2D eigenvalue weighted by atomic mass is 79.9. The van der Waals surface area contributed by atoms with Crippen molar-refractivity contribution in [2.24, 2.45) is 0 Å². The van der Waals surface area contributed by atoms with Crippen molar-refractivity contribution < 1.29 is 0 Å². The molecule has 0 aliphatic rings. The minimum atomic E-state index is 0.685. The topological polar surface area (TPSA) is 86.6 Å². The summed E-state index contributed by atoms with van der Waals surface area (Å²) in [5.74, 6) is 0. The van der Waals surface area contributed by atoms with E-state index in [1.807, 2.05) is 63.9 Å². The van der Waals surface area contributed by atoms with E-state index in [4.69, 9.17) is 11.5 Å². The van der Waals surface area contributed by atoms with Crippen molar-refractivity contribution in [3.8, 4) is 11.1 Å². The fourth-order valence-corrected chi connectivity index (χ4v) is 3.34. The minimum absolute atomic E-state index is 0.685. The maximum Gasteiger partial charge on any atom is 0.160 e. The van der Waals surface area contributed by atoms with Gasteiger partial charge in [0.1, 0.15) is 0 Å². The van der Waals surface area contributed by atoms with Gasteiger partial charge in [-0.25, -0.2) is 9.97 Å². The molecule has 0 saturated heterocycles. The summed E-state index contributed by atoms with van der Waals surface area (Å²) in [4.78, 5) is 8.27. The first-order valence-corrected chi connectivity index (χ1v) is 9.06. The summed E-state index contributed by atoms with van der Waals surface area (Å²) in [5, 5.41) is 0. The Labute approximate surface area is 164 Å². The second-order valence-corrected chi connectivity index (χ2v) is 6.90. The van der Waals surface area contributed by atoms with Gasteiger partial charge in [-0.3, -0.25) is 0 Å². The van der Waals surface area contributed by atoms with Gasteiger partial charge in [-0.05, 0) is 33.6 Å². The fraction of sp³-hybridized carbons (Fsp3) is 0. The molecule has 0 bridgehead atoms. The lowest BCUT2D eigenvalue weighted by Gasteiger charge is -2.05. The summed E-state index contributed by atoms with van der Waals surface area (Å²) in [5.41, 5.74) is 16.9. The molecular weight excluding hydrogens is 404 g/mol. The summed E-state index contributed by atoms with van der Waals surface area (Å²) in [6.07, 6.45) is 11.2. The Hall–Kier alpha value is -3.32. The highest BCUT2D eigenvalue weighted by molar-refractivity contribution is 9.10. The van der Waals surface area contributed by atoms with Gasteiger partial charge in [0.15, 0.2) is 11.3 Å². The quantitative estimate of drug-likeness (QED) is 0.424. The van der Waals surface area contributed by atoms with Crippen molar-refractivity contribution in [1.29, 1.82) is 0 Å². The van der Waals surface area contributed by atoms with E-state index in [2.05, 4.69) is 38.0 Å². The maximum absolute atomic E-state index is 5.96. The number of nitrogens with zero attached hydrogens (tertiary/aromatic N) is 4. The van der Waals surface area contributed by atoms with Gasteiger partial charge in [-0.15, -0.1) is 0 Å². The smallest absolute Gasteiger partial charge is 0.160 e. The third kappa shape index (κ3) is 3.50. The van der Waals surface area contributed by atoms with Gasteiger partial charge in [0, 0.05) is 47.2 Å². The zero-order valence-corrected chi connectivity index (χ0v) is 15.9. The first-order valence-electron chi connectivity index (χ1n) is 8.27. The standard InChI is InChI=1S/C13H11N3.C7H6BrN3/c14-12-8-11(10-4-2-1-3-5-10)9-16-7-6-15-13(12)16;8-5-3-6(9)7-10-1-2-11(7)4-5/h1-9H,14H2;1-4H,9H2. The van der Waals surface area contributed by atoms with Crippen LogP contribution in [0.1, 0.15) is 0 Å². The van der Waals surface area contributed by atoms with E-state index in [1.165, 1.54) is 0 Å². The molecule has 27 heavy (non-hydrogen) atoms. The molecule has 7 heteroatoms. The average Bonchev–Trinajstić information content (AvgIpc) is 3.32. The van der Waals surface area contributed by atoms with Crippen molar-refractivity contribution in [2.45, 2.75) is 0 Å². The zero-order chi connectivity index (χ0) is 18.8. The molecule has 6 nitrogen and oxygen atoms in total. The SMILES string of the molecule is Nc1cc(-c2ccccc2)cn2ccnc12.Nc1cc(Br)cn2ccnc12. The van der Waals surface area contributed by atoms with Crippen molar-refractivity contribution in [2.75, 3.05) is 11.5 Å². The summed E-state index contributed by atoms with van der Waals surface area (Å²) in [6, 6.07) is 14.0. The third-order valence-corrected chi connectivity index (χ3v) is 4.54. The number of imidazole rings is 2. The second kappa shape index (κ2) is 7.13. The molecule has 0 radical (unpaired) electrons. The Kier molecular flexibility index (Phi) is 4.52. The predicted octanol–water partition coefficient (Wildman–Crippen LogP) is 4.26. The monoisotopic (exact) mass is 420 g/mol. The first-order chi connectivity index (χ1) is 13.1. The highest BCUT2D eigenvalue weighted by Gasteiger charge is 2.03. The number of aromatic nitrogens is 4. The number of nitrogen functional groups attached to an aromatic ring is 2. The van der Waals surface area contributed by atoms with Crippen molar-refractivity contribution in [3.05, 3.63) is 84.1 Å². The molecular formula is C20H17BrN6.